The summed E-state index contributed by atoms with van der Waals surface area (Å²) in [6.45, 7) is 8.87. The van der Waals surface area contributed by atoms with Gasteiger partial charge in [-0.25, -0.2) is 0 Å². The standard InChI is InChI=1S/C16H22O/c1-11-6-5-7-15(8-11)17-16-10-13(3)12(2)9-14(16)4/h5-8,14,16H,9-10H2,1-4H3/t14-,16-/m0/s1. The highest BCUT2D eigenvalue weighted by atomic mass is 16.5. The average molecular weight is 230 g/mol. The normalized spacial score (nSPS) is 24.9. The molecule has 1 aromatic rings. The van der Waals surface area contributed by atoms with Crippen LogP contribution in [0.3, 0.4) is 0 Å². The van der Waals surface area contributed by atoms with Crippen molar-refractivity contribution in [2.75, 3.05) is 0 Å². The molecule has 0 heterocycles. The van der Waals surface area contributed by atoms with Crippen LogP contribution in [0, 0.1) is 12.8 Å². The van der Waals surface area contributed by atoms with Crippen LogP contribution in [0.25, 0.3) is 0 Å². The van der Waals surface area contributed by atoms with E-state index >= 15 is 0 Å². The number of hydrogen-bond acceptors (Lipinski definition) is 1. The van der Waals surface area contributed by atoms with Crippen LogP contribution in [-0.4, -0.2) is 6.10 Å². The Balaban J connectivity index is 2.10. The maximum Gasteiger partial charge on any atom is 0.120 e. The molecule has 0 spiro atoms. The number of ether oxygens (including phenoxy) is 1. The Morgan fingerprint density at radius 1 is 1.06 bits per heavy atom. The lowest BCUT2D eigenvalue weighted by molar-refractivity contribution is 0.134. The molecule has 1 aliphatic rings. The molecule has 17 heavy (non-hydrogen) atoms. The fraction of sp³-hybridized carbons (Fsp3) is 0.500. The van der Waals surface area contributed by atoms with E-state index in [-0.39, 0.29) is 0 Å². The first-order valence-electron chi connectivity index (χ1n) is 6.45. The Morgan fingerprint density at radius 2 is 1.76 bits per heavy atom. The molecular formula is C16H22O. The lowest BCUT2D eigenvalue weighted by Crippen LogP contribution is -2.29. The smallest absolute Gasteiger partial charge is 0.120 e. The van der Waals surface area contributed by atoms with Gasteiger partial charge in [-0.15, -0.1) is 0 Å². The van der Waals surface area contributed by atoms with Gasteiger partial charge in [0.1, 0.15) is 11.9 Å². The Morgan fingerprint density at radius 3 is 2.47 bits per heavy atom. The summed E-state index contributed by atoms with van der Waals surface area (Å²) in [5.41, 5.74) is 4.30. The van der Waals surface area contributed by atoms with Gasteiger partial charge < -0.3 is 4.74 Å². The minimum atomic E-state index is 0.334. The molecule has 0 radical (unpaired) electrons. The lowest BCUT2D eigenvalue weighted by atomic mass is 9.84. The highest BCUT2D eigenvalue weighted by molar-refractivity contribution is 5.28. The zero-order valence-corrected chi connectivity index (χ0v) is 11.3. The average Bonchev–Trinajstić information content (AvgIpc) is 2.26. The van der Waals surface area contributed by atoms with Crippen molar-refractivity contribution in [1.29, 1.82) is 0 Å². The first-order valence-corrected chi connectivity index (χ1v) is 6.45. The molecule has 1 aliphatic carbocycles. The quantitative estimate of drug-likeness (QED) is 0.679. The molecule has 0 aromatic heterocycles. The first-order chi connectivity index (χ1) is 8.06. The molecule has 0 aliphatic heterocycles. The molecule has 1 heteroatoms. The summed E-state index contributed by atoms with van der Waals surface area (Å²) in [7, 11) is 0. The number of benzene rings is 1. The van der Waals surface area contributed by atoms with Crippen LogP contribution in [0.1, 0.15) is 39.2 Å². The molecule has 1 aromatic carbocycles. The van der Waals surface area contributed by atoms with Gasteiger partial charge in [-0.3, -0.25) is 0 Å². The molecule has 2 atom stereocenters. The summed E-state index contributed by atoms with van der Waals surface area (Å²) in [4.78, 5) is 0. The van der Waals surface area contributed by atoms with Crippen LogP contribution in [0.15, 0.2) is 35.4 Å². The zero-order valence-electron chi connectivity index (χ0n) is 11.3. The molecule has 0 saturated carbocycles. The van der Waals surface area contributed by atoms with Gasteiger partial charge in [0, 0.05) is 6.42 Å². The van der Waals surface area contributed by atoms with Gasteiger partial charge in [-0.05, 0) is 50.8 Å². The Labute approximate surface area is 104 Å². The second-order valence-corrected chi connectivity index (χ2v) is 5.42. The van der Waals surface area contributed by atoms with Crippen molar-refractivity contribution < 1.29 is 4.74 Å². The first kappa shape index (κ1) is 12.2. The van der Waals surface area contributed by atoms with Crippen LogP contribution in [0.5, 0.6) is 5.75 Å². The van der Waals surface area contributed by atoms with Crippen molar-refractivity contribution in [2.45, 2.75) is 46.6 Å². The van der Waals surface area contributed by atoms with Crippen LogP contribution in [-0.2, 0) is 0 Å². The van der Waals surface area contributed by atoms with Gasteiger partial charge in [-0.1, -0.05) is 30.2 Å². The van der Waals surface area contributed by atoms with E-state index in [1.165, 1.54) is 17.6 Å². The predicted octanol–water partition coefficient (Wildman–Crippen LogP) is 4.51. The van der Waals surface area contributed by atoms with E-state index in [4.69, 9.17) is 4.74 Å². The maximum atomic E-state index is 6.13. The third-order valence-electron chi connectivity index (χ3n) is 3.78. The van der Waals surface area contributed by atoms with Crippen LogP contribution in [0.2, 0.25) is 0 Å². The monoisotopic (exact) mass is 230 g/mol. The van der Waals surface area contributed by atoms with Crippen molar-refractivity contribution in [3.05, 3.63) is 41.0 Å². The molecule has 1 nitrogen and oxygen atoms in total. The fourth-order valence-corrected chi connectivity index (χ4v) is 2.49. The van der Waals surface area contributed by atoms with Crippen LogP contribution < -0.4 is 4.74 Å². The van der Waals surface area contributed by atoms with Gasteiger partial charge in [-0.2, -0.15) is 0 Å². The van der Waals surface area contributed by atoms with E-state index in [0.717, 1.165) is 12.2 Å². The fourth-order valence-electron chi connectivity index (χ4n) is 2.49. The van der Waals surface area contributed by atoms with Crippen molar-refractivity contribution in [3.63, 3.8) is 0 Å². The van der Waals surface area contributed by atoms with Crippen molar-refractivity contribution in [1.82, 2.24) is 0 Å². The largest absolute Gasteiger partial charge is 0.490 e. The molecule has 92 valence electrons. The second-order valence-electron chi connectivity index (χ2n) is 5.42. The number of hydrogen-bond donors (Lipinski definition) is 0. The van der Waals surface area contributed by atoms with E-state index in [0.29, 0.717) is 12.0 Å². The highest BCUT2D eigenvalue weighted by Gasteiger charge is 2.25. The van der Waals surface area contributed by atoms with Gasteiger partial charge in [0.2, 0.25) is 0 Å². The van der Waals surface area contributed by atoms with E-state index < -0.39 is 0 Å². The summed E-state index contributed by atoms with van der Waals surface area (Å²) in [5.74, 6) is 1.62. The Hall–Kier alpha value is -1.24. The summed E-state index contributed by atoms with van der Waals surface area (Å²) >= 11 is 0. The van der Waals surface area contributed by atoms with E-state index in [1.807, 2.05) is 0 Å². The molecule has 0 amide bonds. The van der Waals surface area contributed by atoms with E-state index in [9.17, 15) is 0 Å². The summed E-state index contributed by atoms with van der Waals surface area (Å²) in [5, 5.41) is 0. The van der Waals surface area contributed by atoms with Gasteiger partial charge >= 0.3 is 0 Å². The van der Waals surface area contributed by atoms with E-state index in [2.05, 4.69) is 52.0 Å². The SMILES string of the molecule is CC1=C(C)C[C@H](C)[C@@H](Oc2cccc(C)c2)C1. The molecule has 0 saturated heterocycles. The molecule has 0 bridgehead atoms. The zero-order chi connectivity index (χ0) is 12.4. The molecule has 0 N–H and O–H groups in total. The van der Waals surface area contributed by atoms with E-state index in [1.54, 1.807) is 5.57 Å². The van der Waals surface area contributed by atoms with Crippen LogP contribution >= 0.6 is 0 Å². The second kappa shape index (κ2) is 4.95. The topological polar surface area (TPSA) is 9.23 Å². The van der Waals surface area contributed by atoms with Gasteiger partial charge in [0.05, 0.1) is 0 Å². The van der Waals surface area contributed by atoms with Crippen molar-refractivity contribution in [3.8, 4) is 5.75 Å². The predicted molar refractivity (Wildman–Crippen MR) is 72.4 cm³/mol. The summed E-state index contributed by atoms with van der Waals surface area (Å²) in [6, 6.07) is 8.34. The minimum Gasteiger partial charge on any atom is -0.490 e. The maximum absolute atomic E-state index is 6.13. The summed E-state index contributed by atoms with van der Waals surface area (Å²) < 4.78 is 6.13. The van der Waals surface area contributed by atoms with Crippen molar-refractivity contribution in [2.24, 2.45) is 5.92 Å². The summed E-state index contributed by atoms with van der Waals surface area (Å²) in [6.07, 6.45) is 2.57. The molecule has 0 unspecified atom stereocenters. The molecule has 2 rings (SSSR count). The Bertz CT molecular complexity index is 431. The number of aryl methyl sites for hydroxylation is 1. The van der Waals surface area contributed by atoms with Crippen LogP contribution in [0.4, 0.5) is 0 Å². The van der Waals surface area contributed by atoms with Gasteiger partial charge in [0.15, 0.2) is 0 Å². The lowest BCUT2D eigenvalue weighted by Gasteiger charge is -2.31. The minimum absolute atomic E-state index is 0.334. The number of allylic oxidation sites excluding steroid dienone is 1. The Kier molecular flexibility index (Phi) is 3.56. The third-order valence-corrected chi connectivity index (χ3v) is 3.78. The highest BCUT2D eigenvalue weighted by Crippen LogP contribution is 2.32. The molecular weight excluding hydrogens is 208 g/mol. The van der Waals surface area contributed by atoms with Gasteiger partial charge in [0.25, 0.3) is 0 Å². The van der Waals surface area contributed by atoms with Crippen molar-refractivity contribution >= 4 is 0 Å². The third kappa shape index (κ3) is 2.91. The molecule has 0 fully saturated rings. The number of rotatable bonds is 2.